The monoisotopic (exact) mass is 435 g/mol. The minimum atomic E-state index is 0.0559. The van der Waals surface area contributed by atoms with E-state index in [0.717, 1.165) is 17.1 Å². The molecular formula is C23H25N5O2S. The topological polar surface area (TPSA) is 71.3 Å². The Bertz CT molecular complexity index is 1030. The molecule has 0 aliphatic carbocycles. The molecule has 0 bridgehead atoms. The summed E-state index contributed by atoms with van der Waals surface area (Å²) in [6.45, 7) is 3.89. The first-order valence-electron chi connectivity index (χ1n) is 10.3. The molecule has 1 aromatic heterocycles. The van der Waals surface area contributed by atoms with E-state index < -0.39 is 0 Å². The number of amides is 2. The molecule has 4 rings (SSSR count). The van der Waals surface area contributed by atoms with E-state index in [0.29, 0.717) is 37.8 Å². The Morgan fingerprint density at radius 3 is 2.13 bits per heavy atom. The second kappa shape index (κ2) is 9.78. The molecule has 1 saturated heterocycles. The van der Waals surface area contributed by atoms with Gasteiger partial charge in [0.05, 0.1) is 5.75 Å². The lowest BCUT2D eigenvalue weighted by Crippen LogP contribution is -2.50. The first-order valence-corrected chi connectivity index (χ1v) is 11.3. The van der Waals surface area contributed by atoms with E-state index in [2.05, 4.69) is 22.3 Å². The highest BCUT2D eigenvalue weighted by atomic mass is 32.2. The zero-order valence-electron chi connectivity index (χ0n) is 17.5. The van der Waals surface area contributed by atoms with Crippen LogP contribution >= 0.6 is 11.8 Å². The fraction of sp³-hybridized carbons (Fsp3) is 0.304. The van der Waals surface area contributed by atoms with Gasteiger partial charge >= 0.3 is 0 Å². The predicted molar refractivity (Wildman–Crippen MR) is 120 cm³/mol. The van der Waals surface area contributed by atoms with Crippen molar-refractivity contribution in [3.05, 3.63) is 72.1 Å². The summed E-state index contributed by atoms with van der Waals surface area (Å²) in [5.74, 6) is 1.24. The molecule has 0 spiro atoms. The molecule has 0 saturated carbocycles. The summed E-state index contributed by atoms with van der Waals surface area (Å²) >= 11 is 1.40. The fourth-order valence-electron chi connectivity index (χ4n) is 3.61. The third kappa shape index (κ3) is 5.14. The average molecular weight is 436 g/mol. The summed E-state index contributed by atoms with van der Waals surface area (Å²) in [4.78, 5) is 27.8. The molecule has 31 heavy (non-hydrogen) atoms. The van der Waals surface area contributed by atoms with Crippen molar-refractivity contribution in [2.75, 3.05) is 31.9 Å². The van der Waals surface area contributed by atoms with Crippen LogP contribution in [0.3, 0.4) is 0 Å². The van der Waals surface area contributed by atoms with Crippen LogP contribution in [0.2, 0.25) is 0 Å². The van der Waals surface area contributed by atoms with Crippen LogP contribution in [0, 0.1) is 0 Å². The highest BCUT2D eigenvalue weighted by Crippen LogP contribution is 2.24. The summed E-state index contributed by atoms with van der Waals surface area (Å²) < 4.78 is 2.03. The zero-order chi connectivity index (χ0) is 21.6. The lowest BCUT2D eigenvalue weighted by atomic mass is 10.1. The molecule has 7 nitrogen and oxygen atoms in total. The Morgan fingerprint density at radius 1 is 0.871 bits per heavy atom. The second-order valence-corrected chi connectivity index (χ2v) is 8.35. The molecule has 3 aromatic rings. The highest BCUT2D eigenvalue weighted by molar-refractivity contribution is 7.99. The number of rotatable bonds is 6. The lowest BCUT2D eigenvalue weighted by molar-refractivity contribution is -0.136. The highest BCUT2D eigenvalue weighted by Gasteiger charge is 2.23. The number of aromatic nitrogens is 3. The van der Waals surface area contributed by atoms with Crippen LogP contribution in [0.4, 0.5) is 0 Å². The summed E-state index contributed by atoms with van der Waals surface area (Å²) in [5, 5.41) is 9.53. The maximum Gasteiger partial charge on any atom is 0.233 e. The smallest absolute Gasteiger partial charge is 0.233 e. The minimum Gasteiger partial charge on any atom is -0.339 e. The first-order chi connectivity index (χ1) is 15.1. The van der Waals surface area contributed by atoms with Crippen LogP contribution < -0.4 is 0 Å². The van der Waals surface area contributed by atoms with Crippen molar-refractivity contribution < 1.29 is 9.59 Å². The van der Waals surface area contributed by atoms with Gasteiger partial charge in [-0.2, -0.15) is 0 Å². The third-order valence-electron chi connectivity index (χ3n) is 5.32. The summed E-state index contributed by atoms with van der Waals surface area (Å²) in [6, 6.07) is 20.1. The van der Waals surface area contributed by atoms with Crippen molar-refractivity contribution in [1.82, 2.24) is 24.6 Å². The van der Waals surface area contributed by atoms with Gasteiger partial charge in [-0.05, 0) is 17.7 Å². The van der Waals surface area contributed by atoms with E-state index in [1.54, 1.807) is 11.8 Å². The van der Waals surface area contributed by atoms with Crippen LogP contribution in [0.1, 0.15) is 18.3 Å². The zero-order valence-corrected chi connectivity index (χ0v) is 18.3. The van der Waals surface area contributed by atoms with Gasteiger partial charge in [0.25, 0.3) is 0 Å². The predicted octanol–water partition coefficient (Wildman–Crippen LogP) is 2.64. The number of hydrogen-bond acceptors (Lipinski definition) is 5. The minimum absolute atomic E-state index is 0.0559. The van der Waals surface area contributed by atoms with Gasteiger partial charge in [0, 0.05) is 45.2 Å². The van der Waals surface area contributed by atoms with E-state index in [-0.39, 0.29) is 17.6 Å². The second-order valence-electron chi connectivity index (χ2n) is 7.41. The lowest BCUT2D eigenvalue weighted by Gasteiger charge is -2.34. The molecule has 1 aliphatic rings. The van der Waals surface area contributed by atoms with Crippen molar-refractivity contribution >= 4 is 23.6 Å². The van der Waals surface area contributed by atoms with Gasteiger partial charge in [0.2, 0.25) is 11.8 Å². The first kappa shape index (κ1) is 21.1. The average Bonchev–Trinajstić information content (AvgIpc) is 3.21. The molecule has 0 N–H and O–H groups in total. The molecule has 1 fully saturated rings. The van der Waals surface area contributed by atoms with Gasteiger partial charge in [-0.1, -0.05) is 60.3 Å². The van der Waals surface area contributed by atoms with Crippen molar-refractivity contribution in [2.24, 2.45) is 0 Å². The molecule has 2 heterocycles. The van der Waals surface area contributed by atoms with Crippen molar-refractivity contribution in [2.45, 2.75) is 18.5 Å². The number of carbonyl (C=O) groups excluding carboxylic acids is 2. The van der Waals surface area contributed by atoms with Gasteiger partial charge in [-0.15, -0.1) is 10.2 Å². The van der Waals surface area contributed by atoms with Crippen LogP contribution in [0.15, 0.2) is 65.8 Å². The van der Waals surface area contributed by atoms with Crippen LogP contribution in [-0.4, -0.2) is 68.3 Å². The maximum absolute atomic E-state index is 12.7. The van der Waals surface area contributed by atoms with Crippen LogP contribution in [0.25, 0.3) is 5.69 Å². The number of carbonyl (C=O) groups is 2. The van der Waals surface area contributed by atoms with E-state index in [4.69, 9.17) is 0 Å². The van der Waals surface area contributed by atoms with Gasteiger partial charge in [-0.3, -0.25) is 14.2 Å². The van der Waals surface area contributed by atoms with E-state index in [1.807, 2.05) is 58.0 Å². The molecule has 0 unspecified atom stereocenters. The van der Waals surface area contributed by atoms with Crippen LogP contribution in [0.5, 0.6) is 0 Å². The summed E-state index contributed by atoms with van der Waals surface area (Å²) in [6.07, 6.45) is 0.657. The normalized spacial score (nSPS) is 14.0. The standard InChI is InChI=1S/C23H25N5O2S/c1-18(29)26-12-14-27(15-13-26)22(30)17-31-23-25-24-21(16-19-8-4-2-5-9-19)28(23)20-10-6-3-7-11-20/h2-11H,12-17H2,1H3. The molecule has 1 aliphatic heterocycles. The fourth-order valence-corrected chi connectivity index (χ4v) is 4.49. The summed E-state index contributed by atoms with van der Waals surface area (Å²) in [5.41, 5.74) is 2.13. The van der Waals surface area contributed by atoms with Gasteiger partial charge in [0.1, 0.15) is 5.82 Å². The number of benzene rings is 2. The van der Waals surface area contributed by atoms with Crippen molar-refractivity contribution in [3.63, 3.8) is 0 Å². The van der Waals surface area contributed by atoms with E-state index >= 15 is 0 Å². The van der Waals surface area contributed by atoms with Crippen molar-refractivity contribution in [1.29, 1.82) is 0 Å². The Kier molecular flexibility index (Phi) is 6.66. The number of piperazine rings is 1. The third-order valence-corrected chi connectivity index (χ3v) is 6.24. The van der Waals surface area contributed by atoms with E-state index in [1.165, 1.54) is 11.8 Å². The SMILES string of the molecule is CC(=O)N1CCN(C(=O)CSc2nnc(Cc3ccccc3)n2-c2ccccc2)CC1. The van der Waals surface area contributed by atoms with Gasteiger partial charge in [0.15, 0.2) is 5.16 Å². The number of para-hydroxylation sites is 1. The Morgan fingerprint density at radius 2 is 1.48 bits per heavy atom. The number of hydrogen-bond donors (Lipinski definition) is 0. The molecule has 0 atom stereocenters. The maximum atomic E-state index is 12.7. The molecule has 8 heteroatoms. The molecule has 160 valence electrons. The Labute approximate surface area is 186 Å². The largest absolute Gasteiger partial charge is 0.339 e. The van der Waals surface area contributed by atoms with E-state index in [9.17, 15) is 9.59 Å². The van der Waals surface area contributed by atoms with Crippen molar-refractivity contribution in [3.8, 4) is 5.69 Å². The Hall–Kier alpha value is -3.13. The Balaban J connectivity index is 1.48. The van der Waals surface area contributed by atoms with Gasteiger partial charge < -0.3 is 9.80 Å². The van der Waals surface area contributed by atoms with Gasteiger partial charge in [-0.25, -0.2) is 0 Å². The summed E-state index contributed by atoms with van der Waals surface area (Å²) in [7, 11) is 0. The number of thioether (sulfide) groups is 1. The quantitative estimate of drug-likeness (QED) is 0.557. The molecule has 0 radical (unpaired) electrons. The number of nitrogens with zero attached hydrogens (tertiary/aromatic N) is 5. The van der Waals surface area contributed by atoms with Crippen LogP contribution in [-0.2, 0) is 16.0 Å². The molecule has 2 amide bonds. The molecular weight excluding hydrogens is 410 g/mol. The molecule has 2 aromatic carbocycles.